The first-order chi connectivity index (χ1) is 11.0. The quantitative estimate of drug-likeness (QED) is 0.515. The lowest BCUT2D eigenvalue weighted by atomic mass is 10.1. The molecule has 0 unspecified atom stereocenters. The topological polar surface area (TPSA) is 65.2 Å². The summed E-state index contributed by atoms with van der Waals surface area (Å²) in [5.74, 6) is 0.123. The van der Waals surface area contributed by atoms with Gasteiger partial charge in [0.25, 0.3) is 0 Å². The van der Waals surface area contributed by atoms with Crippen LogP contribution in [0.2, 0.25) is 5.15 Å². The van der Waals surface area contributed by atoms with E-state index in [4.69, 9.17) is 20.9 Å². The number of thiophene rings is 1. The molecule has 0 fully saturated rings. The maximum atomic E-state index is 12.2. The predicted molar refractivity (Wildman–Crippen MR) is 87.7 cm³/mol. The predicted octanol–water partition coefficient (Wildman–Crippen LogP) is 4.43. The van der Waals surface area contributed by atoms with Gasteiger partial charge in [0, 0.05) is 11.8 Å². The second kappa shape index (κ2) is 6.52. The zero-order valence-electron chi connectivity index (χ0n) is 12.5. The Morgan fingerprint density at radius 2 is 2.22 bits per heavy atom. The van der Waals surface area contributed by atoms with Gasteiger partial charge >= 0.3 is 5.97 Å². The number of ether oxygens (including phenoxy) is 1. The fraction of sp³-hybridized carbons (Fsp3) is 0.188. The van der Waals surface area contributed by atoms with E-state index in [9.17, 15) is 4.79 Å². The molecular formula is C16H13ClN2O3S. The van der Waals surface area contributed by atoms with Crippen LogP contribution >= 0.6 is 22.9 Å². The van der Waals surface area contributed by atoms with Crippen molar-refractivity contribution < 1.29 is 14.1 Å². The van der Waals surface area contributed by atoms with Gasteiger partial charge in [0.2, 0.25) is 0 Å². The Labute approximate surface area is 141 Å². The highest BCUT2D eigenvalue weighted by Gasteiger charge is 2.18. The Morgan fingerprint density at radius 1 is 1.39 bits per heavy atom. The van der Waals surface area contributed by atoms with Gasteiger partial charge in [0.15, 0.2) is 5.76 Å². The highest BCUT2D eigenvalue weighted by Crippen LogP contribution is 2.25. The molecule has 0 radical (unpaired) electrons. The van der Waals surface area contributed by atoms with Gasteiger partial charge in [-0.1, -0.05) is 22.8 Å². The van der Waals surface area contributed by atoms with Crippen molar-refractivity contribution in [1.82, 2.24) is 10.1 Å². The van der Waals surface area contributed by atoms with Crippen LogP contribution in [0.4, 0.5) is 0 Å². The number of nitrogens with zero attached hydrogens (tertiary/aromatic N) is 2. The number of halogens is 1. The van der Waals surface area contributed by atoms with Crippen molar-refractivity contribution in [3.63, 3.8) is 0 Å². The van der Waals surface area contributed by atoms with Crippen molar-refractivity contribution in [2.45, 2.75) is 20.5 Å². The zero-order valence-corrected chi connectivity index (χ0v) is 14.1. The number of aromatic nitrogens is 2. The lowest BCUT2D eigenvalue weighted by molar-refractivity contribution is 0.0463. The summed E-state index contributed by atoms with van der Waals surface area (Å²) in [6.07, 6.45) is 0. The van der Waals surface area contributed by atoms with Crippen LogP contribution in [-0.2, 0) is 11.3 Å². The monoisotopic (exact) mass is 348 g/mol. The second-order valence-electron chi connectivity index (χ2n) is 4.98. The Morgan fingerprint density at radius 3 is 2.91 bits per heavy atom. The van der Waals surface area contributed by atoms with Crippen molar-refractivity contribution in [2.75, 3.05) is 0 Å². The zero-order chi connectivity index (χ0) is 16.4. The van der Waals surface area contributed by atoms with Crippen LogP contribution in [-0.4, -0.2) is 16.1 Å². The maximum absolute atomic E-state index is 12.2. The third kappa shape index (κ3) is 3.43. The van der Waals surface area contributed by atoms with Gasteiger partial charge < -0.3 is 9.26 Å². The van der Waals surface area contributed by atoms with E-state index in [0.717, 1.165) is 16.1 Å². The molecule has 0 saturated heterocycles. The number of pyridine rings is 1. The average molecular weight is 349 g/mol. The summed E-state index contributed by atoms with van der Waals surface area (Å²) in [4.78, 5) is 17.3. The fourth-order valence-electron chi connectivity index (χ4n) is 2.16. The molecular weight excluding hydrogens is 336 g/mol. The van der Waals surface area contributed by atoms with Gasteiger partial charge in [-0.15, -0.1) is 11.3 Å². The van der Waals surface area contributed by atoms with E-state index in [1.165, 1.54) is 0 Å². The minimum atomic E-state index is -0.527. The van der Waals surface area contributed by atoms with Crippen molar-refractivity contribution in [3.05, 3.63) is 57.3 Å². The SMILES string of the molecule is Cc1cc(C)c(C(=O)OCc2cc(-c3cccs3)on2)c(Cl)n1. The summed E-state index contributed by atoms with van der Waals surface area (Å²) in [5, 5.41) is 6.00. The average Bonchev–Trinajstić information content (AvgIpc) is 3.15. The molecule has 0 amide bonds. The van der Waals surface area contributed by atoms with Gasteiger partial charge in [-0.2, -0.15) is 0 Å². The molecule has 0 N–H and O–H groups in total. The summed E-state index contributed by atoms with van der Waals surface area (Å²) in [6.45, 7) is 3.62. The number of hydrogen-bond acceptors (Lipinski definition) is 6. The minimum absolute atomic E-state index is 0.0113. The smallest absolute Gasteiger partial charge is 0.341 e. The molecule has 0 spiro atoms. The Bertz CT molecular complexity index is 820. The van der Waals surface area contributed by atoms with Crippen LogP contribution in [0.5, 0.6) is 0 Å². The minimum Gasteiger partial charge on any atom is -0.455 e. The summed E-state index contributed by atoms with van der Waals surface area (Å²) in [7, 11) is 0. The number of hydrogen-bond donors (Lipinski definition) is 0. The lowest BCUT2D eigenvalue weighted by Crippen LogP contribution is -2.09. The first kappa shape index (κ1) is 15.7. The van der Waals surface area contributed by atoms with Gasteiger partial charge in [0.1, 0.15) is 17.5 Å². The summed E-state index contributed by atoms with van der Waals surface area (Å²) < 4.78 is 10.5. The van der Waals surface area contributed by atoms with Crippen molar-refractivity contribution in [2.24, 2.45) is 0 Å². The Kier molecular flexibility index (Phi) is 4.45. The molecule has 0 aliphatic heterocycles. The van der Waals surface area contributed by atoms with Crippen LogP contribution in [0.1, 0.15) is 27.3 Å². The van der Waals surface area contributed by atoms with E-state index >= 15 is 0 Å². The first-order valence-corrected chi connectivity index (χ1v) is 8.10. The molecule has 5 nitrogen and oxygen atoms in total. The normalized spacial score (nSPS) is 10.7. The molecule has 0 aromatic carbocycles. The molecule has 3 heterocycles. The summed E-state index contributed by atoms with van der Waals surface area (Å²) in [6, 6.07) is 7.40. The van der Waals surface area contributed by atoms with Gasteiger partial charge in [-0.05, 0) is 36.9 Å². The molecule has 0 aliphatic carbocycles. The number of esters is 1. The molecule has 0 bridgehead atoms. The number of aryl methyl sites for hydroxylation is 2. The van der Waals surface area contributed by atoms with E-state index < -0.39 is 5.97 Å². The molecule has 118 valence electrons. The Hall–Kier alpha value is -2.18. The van der Waals surface area contributed by atoms with Crippen LogP contribution in [0.3, 0.4) is 0 Å². The third-order valence-electron chi connectivity index (χ3n) is 3.18. The van der Waals surface area contributed by atoms with Gasteiger partial charge in [-0.25, -0.2) is 9.78 Å². The van der Waals surface area contributed by atoms with Crippen LogP contribution in [0, 0.1) is 13.8 Å². The van der Waals surface area contributed by atoms with Crippen molar-refractivity contribution in [1.29, 1.82) is 0 Å². The van der Waals surface area contributed by atoms with E-state index in [1.807, 2.05) is 24.4 Å². The highest BCUT2D eigenvalue weighted by atomic mass is 35.5. The van der Waals surface area contributed by atoms with E-state index in [0.29, 0.717) is 11.5 Å². The van der Waals surface area contributed by atoms with Gasteiger partial charge in [-0.3, -0.25) is 0 Å². The third-order valence-corrected chi connectivity index (χ3v) is 4.34. The van der Waals surface area contributed by atoms with E-state index in [1.54, 1.807) is 30.4 Å². The molecule has 7 heteroatoms. The Balaban J connectivity index is 1.70. The van der Waals surface area contributed by atoms with Crippen LogP contribution in [0.25, 0.3) is 10.6 Å². The lowest BCUT2D eigenvalue weighted by Gasteiger charge is -2.08. The second-order valence-corrected chi connectivity index (χ2v) is 6.29. The number of carbonyl (C=O) groups excluding carboxylic acids is 1. The molecule has 0 saturated carbocycles. The summed E-state index contributed by atoms with van der Waals surface area (Å²) >= 11 is 7.59. The molecule has 0 aliphatic rings. The molecule has 3 aromatic rings. The van der Waals surface area contributed by atoms with E-state index in [-0.39, 0.29) is 17.3 Å². The fourth-order valence-corrected chi connectivity index (χ4v) is 3.20. The highest BCUT2D eigenvalue weighted by molar-refractivity contribution is 7.13. The molecule has 3 rings (SSSR count). The standard InChI is InChI=1S/C16H13ClN2O3S/c1-9-6-10(2)18-15(17)14(9)16(20)21-8-11-7-12(22-19-11)13-4-3-5-23-13/h3-7H,8H2,1-2H3. The number of rotatable bonds is 4. The van der Waals surface area contributed by atoms with Crippen molar-refractivity contribution in [3.8, 4) is 10.6 Å². The van der Waals surface area contributed by atoms with Crippen LogP contribution in [0.15, 0.2) is 34.2 Å². The molecule has 23 heavy (non-hydrogen) atoms. The van der Waals surface area contributed by atoms with Gasteiger partial charge in [0.05, 0.1) is 10.4 Å². The number of carbonyl (C=O) groups is 1. The molecule has 3 aromatic heterocycles. The summed E-state index contributed by atoms with van der Waals surface area (Å²) in [5.41, 5.74) is 2.29. The first-order valence-electron chi connectivity index (χ1n) is 6.85. The van der Waals surface area contributed by atoms with Crippen molar-refractivity contribution >= 4 is 28.9 Å². The van der Waals surface area contributed by atoms with Crippen LogP contribution < -0.4 is 0 Å². The largest absolute Gasteiger partial charge is 0.455 e. The maximum Gasteiger partial charge on any atom is 0.341 e. The van der Waals surface area contributed by atoms with E-state index in [2.05, 4.69) is 10.1 Å². The molecule has 0 atom stereocenters.